The zero-order chi connectivity index (χ0) is 13.7. The van der Waals surface area contributed by atoms with Crippen LogP contribution in [0.25, 0.3) is 0 Å². The average Bonchev–Trinajstić information content (AvgIpc) is 2.37. The van der Waals surface area contributed by atoms with Crippen molar-refractivity contribution in [3.63, 3.8) is 0 Å². The van der Waals surface area contributed by atoms with Crippen LogP contribution in [0.15, 0.2) is 24.3 Å². The van der Waals surface area contributed by atoms with Crippen LogP contribution >= 0.6 is 0 Å². The molecule has 1 aromatic rings. The molecule has 98 valence electrons. The number of carbonyl (C=O) groups excluding carboxylic acids is 2. The number of carbonyl (C=O) groups is 2. The molecule has 0 bridgehead atoms. The first-order chi connectivity index (χ1) is 8.45. The van der Waals surface area contributed by atoms with Gasteiger partial charge in [0.1, 0.15) is 0 Å². The molecular weight excluding hydrogens is 228 g/mol. The van der Waals surface area contributed by atoms with Crippen molar-refractivity contribution < 1.29 is 9.59 Å². The summed E-state index contributed by atoms with van der Waals surface area (Å²) in [6.45, 7) is 5.55. The number of nitrogens with zero attached hydrogens (tertiary/aromatic N) is 1. The Morgan fingerprint density at radius 1 is 1.28 bits per heavy atom. The molecular formula is C14H20N2O2. The van der Waals surface area contributed by atoms with Gasteiger partial charge in [0, 0.05) is 24.3 Å². The van der Waals surface area contributed by atoms with Gasteiger partial charge in [0.25, 0.3) is 0 Å². The van der Waals surface area contributed by atoms with Crippen molar-refractivity contribution in [2.24, 2.45) is 0 Å². The first-order valence-corrected chi connectivity index (χ1v) is 6.10. The summed E-state index contributed by atoms with van der Waals surface area (Å²) in [5, 5.41) is 2.80. The van der Waals surface area contributed by atoms with E-state index in [0.717, 1.165) is 6.42 Å². The second-order valence-corrected chi connectivity index (χ2v) is 4.43. The van der Waals surface area contributed by atoms with Gasteiger partial charge in [-0.25, -0.2) is 4.79 Å². The molecule has 0 aliphatic rings. The van der Waals surface area contributed by atoms with Crippen LogP contribution in [-0.2, 0) is 0 Å². The van der Waals surface area contributed by atoms with Crippen LogP contribution in [0.1, 0.15) is 37.6 Å². The second-order valence-electron chi connectivity index (χ2n) is 4.43. The summed E-state index contributed by atoms with van der Waals surface area (Å²) in [5.74, 6) is 0.0181. The predicted molar refractivity (Wildman–Crippen MR) is 73.0 cm³/mol. The van der Waals surface area contributed by atoms with E-state index in [2.05, 4.69) is 5.32 Å². The molecule has 1 unspecified atom stereocenters. The fourth-order valence-corrected chi connectivity index (χ4v) is 1.47. The van der Waals surface area contributed by atoms with E-state index in [0.29, 0.717) is 11.3 Å². The maximum absolute atomic E-state index is 11.9. The summed E-state index contributed by atoms with van der Waals surface area (Å²) >= 11 is 0. The second kappa shape index (κ2) is 6.19. The van der Waals surface area contributed by atoms with Crippen LogP contribution < -0.4 is 5.32 Å². The van der Waals surface area contributed by atoms with E-state index in [1.807, 2.05) is 13.8 Å². The first kappa shape index (κ1) is 14.2. The Bertz CT molecular complexity index is 426. The van der Waals surface area contributed by atoms with E-state index >= 15 is 0 Å². The first-order valence-electron chi connectivity index (χ1n) is 6.10. The number of urea groups is 1. The lowest BCUT2D eigenvalue weighted by Gasteiger charge is -2.24. The number of nitrogens with one attached hydrogen (secondary N) is 1. The van der Waals surface area contributed by atoms with Crippen LogP contribution in [0.4, 0.5) is 10.5 Å². The van der Waals surface area contributed by atoms with Crippen LogP contribution in [0, 0.1) is 0 Å². The summed E-state index contributed by atoms with van der Waals surface area (Å²) in [6, 6.07) is 6.95. The molecule has 0 aliphatic carbocycles. The molecule has 18 heavy (non-hydrogen) atoms. The number of hydrogen-bond donors (Lipinski definition) is 1. The lowest BCUT2D eigenvalue weighted by Crippen LogP contribution is -2.37. The Labute approximate surface area is 108 Å². The summed E-state index contributed by atoms with van der Waals surface area (Å²) in [4.78, 5) is 24.7. The van der Waals surface area contributed by atoms with Gasteiger partial charge in [0.05, 0.1) is 0 Å². The third-order valence-electron chi connectivity index (χ3n) is 3.12. The van der Waals surface area contributed by atoms with E-state index in [-0.39, 0.29) is 17.9 Å². The van der Waals surface area contributed by atoms with E-state index in [1.165, 1.54) is 6.92 Å². The highest BCUT2D eigenvalue weighted by Crippen LogP contribution is 2.11. The molecule has 0 aromatic heterocycles. The van der Waals surface area contributed by atoms with E-state index in [9.17, 15) is 9.59 Å². The van der Waals surface area contributed by atoms with Crippen LogP contribution in [0.2, 0.25) is 0 Å². The van der Waals surface area contributed by atoms with Gasteiger partial charge in [-0.1, -0.05) is 6.92 Å². The SMILES string of the molecule is CCC(C)N(C)C(=O)Nc1ccc(C(C)=O)cc1. The maximum Gasteiger partial charge on any atom is 0.321 e. The normalized spacial score (nSPS) is 11.8. The van der Waals surface area contributed by atoms with Gasteiger partial charge in [-0.2, -0.15) is 0 Å². The van der Waals surface area contributed by atoms with E-state index in [4.69, 9.17) is 0 Å². The van der Waals surface area contributed by atoms with Gasteiger partial charge in [-0.05, 0) is 44.5 Å². The van der Waals surface area contributed by atoms with Crippen molar-refractivity contribution in [2.45, 2.75) is 33.2 Å². The van der Waals surface area contributed by atoms with E-state index < -0.39 is 0 Å². The van der Waals surface area contributed by atoms with Crippen molar-refractivity contribution in [1.29, 1.82) is 0 Å². The van der Waals surface area contributed by atoms with Gasteiger partial charge in [0.15, 0.2) is 5.78 Å². The monoisotopic (exact) mass is 248 g/mol. The number of anilines is 1. The highest BCUT2D eigenvalue weighted by atomic mass is 16.2. The zero-order valence-electron chi connectivity index (χ0n) is 11.4. The van der Waals surface area contributed by atoms with Crippen LogP contribution in [0.3, 0.4) is 0 Å². The summed E-state index contributed by atoms with van der Waals surface area (Å²) in [5.41, 5.74) is 1.34. The lowest BCUT2D eigenvalue weighted by molar-refractivity contribution is 0.101. The summed E-state index contributed by atoms with van der Waals surface area (Å²) in [7, 11) is 1.77. The number of rotatable bonds is 4. The Morgan fingerprint density at radius 3 is 2.28 bits per heavy atom. The highest BCUT2D eigenvalue weighted by Gasteiger charge is 2.13. The van der Waals surface area contributed by atoms with Crippen molar-refractivity contribution in [1.82, 2.24) is 4.90 Å². The van der Waals surface area contributed by atoms with Gasteiger partial charge < -0.3 is 10.2 Å². The molecule has 0 spiro atoms. The number of benzene rings is 1. The maximum atomic E-state index is 11.9. The number of amides is 2. The summed E-state index contributed by atoms with van der Waals surface area (Å²) < 4.78 is 0. The molecule has 4 heteroatoms. The Balaban J connectivity index is 2.67. The molecule has 0 aliphatic heterocycles. The molecule has 4 nitrogen and oxygen atoms in total. The number of Topliss-reactive ketones (excluding diaryl/α,β-unsaturated/α-hetero) is 1. The zero-order valence-corrected chi connectivity index (χ0v) is 11.4. The third kappa shape index (κ3) is 3.58. The van der Waals surface area contributed by atoms with Crippen molar-refractivity contribution in [2.75, 3.05) is 12.4 Å². The molecule has 1 atom stereocenters. The Hall–Kier alpha value is -1.84. The smallest absolute Gasteiger partial charge is 0.321 e. The van der Waals surface area contributed by atoms with Crippen LogP contribution in [-0.4, -0.2) is 29.8 Å². The molecule has 0 saturated carbocycles. The van der Waals surface area contributed by atoms with Crippen molar-refractivity contribution >= 4 is 17.5 Å². The minimum Gasteiger partial charge on any atom is -0.325 e. The lowest BCUT2D eigenvalue weighted by atomic mass is 10.1. The molecule has 0 radical (unpaired) electrons. The van der Waals surface area contributed by atoms with Gasteiger partial charge >= 0.3 is 6.03 Å². The van der Waals surface area contributed by atoms with Crippen molar-refractivity contribution in [3.05, 3.63) is 29.8 Å². The minimum absolute atomic E-state index is 0.0181. The minimum atomic E-state index is -0.139. The standard InChI is InChI=1S/C14H20N2O2/c1-5-10(2)16(4)14(18)15-13-8-6-12(7-9-13)11(3)17/h6-10H,5H2,1-4H3,(H,15,18). The fraction of sp³-hybridized carbons (Fsp3) is 0.429. The Morgan fingerprint density at radius 2 is 1.83 bits per heavy atom. The fourth-order valence-electron chi connectivity index (χ4n) is 1.47. The molecule has 1 rings (SSSR count). The third-order valence-corrected chi connectivity index (χ3v) is 3.12. The van der Waals surface area contributed by atoms with Crippen molar-refractivity contribution in [3.8, 4) is 0 Å². The Kier molecular flexibility index (Phi) is 4.89. The van der Waals surface area contributed by atoms with Gasteiger partial charge in [0.2, 0.25) is 0 Å². The molecule has 1 N–H and O–H groups in total. The molecule has 0 fully saturated rings. The topological polar surface area (TPSA) is 49.4 Å². The van der Waals surface area contributed by atoms with E-state index in [1.54, 1.807) is 36.2 Å². The van der Waals surface area contributed by atoms with Crippen LogP contribution in [0.5, 0.6) is 0 Å². The quantitative estimate of drug-likeness (QED) is 0.832. The average molecular weight is 248 g/mol. The number of hydrogen-bond acceptors (Lipinski definition) is 2. The predicted octanol–water partition coefficient (Wildman–Crippen LogP) is 3.15. The molecule has 0 saturated heterocycles. The summed E-state index contributed by atoms with van der Waals surface area (Å²) in [6.07, 6.45) is 0.910. The number of ketones is 1. The largest absolute Gasteiger partial charge is 0.325 e. The molecule has 0 heterocycles. The molecule has 1 aromatic carbocycles. The highest BCUT2D eigenvalue weighted by molar-refractivity contribution is 5.95. The van der Waals surface area contributed by atoms with Gasteiger partial charge in [-0.15, -0.1) is 0 Å². The van der Waals surface area contributed by atoms with Gasteiger partial charge in [-0.3, -0.25) is 4.79 Å². The molecule has 2 amide bonds.